The molecule has 2 aromatic rings. The van der Waals surface area contributed by atoms with Crippen molar-refractivity contribution in [1.29, 1.82) is 0 Å². The molecule has 0 bridgehead atoms. The molecule has 0 radical (unpaired) electrons. The van der Waals surface area contributed by atoms with Crippen LogP contribution in [0.3, 0.4) is 0 Å². The Balaban J connectivity index is 1.86. The Labute approximate surface area is 185 Å². The van der Waals surface area contributed by atoms with E-state index in [1.165, 1.54) is 0 Å². The first-order valence-electron chi connectivity index (χ1n) is 10.9. The van der Waals surface area contributed by atoms with Crippen molar-refractivity contribution < 1.29 is 19.0 Å². The summed E-state index contributed by atoms with van der Waals surface area (Å²) in [6, 6.07) is 17.0. The molecular weight excluding hydrogens is 406 g/mol. The van der Waals surface area contributed by atoms with Gasteiger partial charge in [-0.05, 0) is 48.7 Å². The number of hydrogen-bond acceptors (Lipinski definition) is 6. The molecule has 6 nitrogen and oxygen atoms in total. The lowest BCUT2D eigenvalue weighted by atomic mass is 9.89. The summed E-state index contributed by atoms with van der Waals surface area (Å²) in [6.45, 7) is 3.77. The van der Waals surface area contributed by atoms with E-state index in [0.29, 0.717) is 30.1 Å². The highest BCUT2D eigenvalue weighted by Crippen LogP contribution is 2.44. The van der Waals surface area contributed by atoms with Gasteiger partial charge in [0.05, 0.1) is 25.4 Å². The summed E-state index contributed by atoms with van der Waals surface area (Å²) in [7, 11) is 0. The largest absolute Gasteiger partial charge is 0.455 e. The number of rotatable bonds is 5. The van der Waals surface area contributed by atoms with Crippen molar-refractivity contribution in [2.24, 2.45) is 0 Å². The Morgan fingerprint density at radius 1 is 1.03 bits per heavy atom. The van der Waals surface area contributed by atoms with Gasteiger partial charge < -0.3 is 24.3 Å². The number of nitrogens with one attached hydrogen (secondary N) is 1. The summed E-state index contributed by atoms with van der Waals surface area (Å²) >= 11 is 0. The second kappa shape index (κ2) is 8.74. The van der Waals surface area contributed by atoms with Crippen LogP contribution in [0.25, 0.3) is 33.4 Å². The molecule has 2 aromatic carbocycles. The maximum absolute atomic E-state index is 12.9. The second-order valence-electron chi connectivity index (χ2n) is 7.81. The number of fused-ring (bicyclic) bond motifs is 2. The van der Waals surface area contributed by atoms with E-state index >= 15 is 0 Å². The van der Waals surface area contributed by atoms with Gasteiger partial charge in [0.1, 0.15) is 11.3 Å². The van der Waals surface area contributed by atoms with Crippen LogP contribution in [0.2, 0.25) is 0 Å². The third-order valence-corrected chi connectivity index (χ3v) is 5.79. The van der Waals surface area contributed by atoms with Gasteiger partial charge in [0.25, 0.3) is 0 Å². The molecule has 0 aromatic heterocycles. The first-order chi connectivity index (χ1) is 15.7. The molecule has 2 aliphatic heterocycles. The van der Waals surface area contributed by atoms with Crippen molar-refractivity contribution in [3.05, 3.63) is 75.9 Å². The molecule has 2 heterocycles. The molecule has 0 unspecified atom stereocenters. The van der Waals surface area contributed by atoms with Crippen LogP contribution in [0, 0.1) is 0 Å². The molecule has 164 valence electrons. The molecule has 1 aliphatic carbocycles. The number of aliphatic hydroxyl groups excluding tert-OH is 1. The van der Waals surface area contributed by atoms with Crippen LogP contribution in [0.5, 0.6) is 0 Å². The number of aliphatic hydroxyl groups is 1. The lowest BCUT2D eigenvalue weighted by molar-refractivity contribution is -0.183. The Hall–Kier alpha value is -3.19. The van der Waals surface area contributed by atoms with E-state index in [1.54, 1.807) is 12.1 Å². The summed E-state index contributed by atoms with van der Waals surface area (Å²) in [5.74, 6) is 0.452. The first kappa shape index (κ1) is 20.7. The molecule has 0 spiro atoms. The maximum atomic E-state index is 12.9. The zero-order chi connectivity index (χ0) is 22.1. The van der Waals surface area contributed by atoms with Crippen LogP contribution in [-0.4, -0.2) is 24.9 Å². The van der Waals surface area contributed by atoms with Crippen LogP contribution in [0.15, 0.2) is 63.8 Å². The number of benzene rings is 3. The van der Waals surface area contributed by atoms with Gasteiger partial charge in [-0.2, -0.15) is 0 Å². The normalized spacial score (nSPS) is 14.8. The molecule has 32 heavy (non-hydrogen) atoms. The highest BCUT2D eigenvalue weighted by molar-refractivity contribution is 6.03. The Bertz CT molecular complexity index is 1290. The lowest BCUT2D eigenvalue weighted by Gasteiger charge is -2.26. The van der Waals surface area contributed by atoms with Gasteiger partial charge in [0.2, 0.25) is 0 Å². The fraction of sp³-hybridized carbons (Fsp3) is 0.269. The predicted molar refractivity (Wildman–Crippen MR) is 124 cm³/mol. The van der Waals surface area contributed by atoms with E-state index in [0.717, 1.165) is 46.3 Å². The fourth-order valence-corrected chi connectivity index (χ4v) is 4.34. The minimum atomic E-state index is -0.765. The third-order valence-electron chi connectivity index (χ3n) is 5.79. The molecule has 0 amide bonds. The van der Waals surface area contributed by atoms with E-state index in [4.69, 9.17) is 13.9 Å². The molecule has 0 saturated carbocycles. The average Bonchev–Trinajstić information content (AvgIpc) is 2.83. The fourth-order valence-electron chi connectivity index (χ4n) is 4.34. The second-order valence-corrected chi connectivity index (χ2v) is 7.81. The molecule has 6 heteroatoms. The van der Waals surface area contributed by atoms with E-state index < -0.39 is 6.29 Å². The first-order valence-corrected chi connectivity index (χ1v) is 10.9. The van der Waals surface area contributed by atoms with Crippen molar-refractivity contribution in [2.45, 2.75) is 26.2 Å². The van der Waals surface area contributed by atoms with E-state index in [9.17, 15) is 9.90 Å². The summed E-state index contributed by atoms with van der Waals surface area (Å²) in [4.78, 5) is 12.9. The minimum Gasteiger partial charge on any atom is -0.455 e. The van der Waals surface area contributed by atoms with Gasteiger partial charge in [-0.1, -0.05) is 24.3 Å². The average molecular weight is 431 g/mol. The maximum Gasteiger partial charge on any atom is 0.191 e. The SMILES string of the molecule is CCNc1ccc2c(-c3ccccc3CO)c3ccc(=O)c(C4OCCCO4)c-3oc2c1. The highest BCUT2D eigenvalue weighted by atomic mass is 16.7. The summed E-state index contributed by atoms with van der Waals surface area (Å²) in [6.07, 6.45) is 0.0236. The molecular formula is C26H25NO5. The Morgan fingerprint density at radius 3 is 2.62 bits per heavy atom. The van der Waals surface area contributed by atoms with Crippen molar-refractivity contribution in [3.63, 3.8) is 0 Å². The topological polar surface area (TPSA) is 80.9 Å². The number of hydrogen-bond donors (Lipinski definition) is 2. The quantitative estimate of drug-likeness (QED) is 0.437. The van der Waals surface area contributed by atoms with Crippen molar-refractivity contribution in [3.8, 4) is 22.5 Å². The smallest absolute Gasteiger partial charge is 0.191 e. The van der Waals surface area contributed by atoms with E-state index in [2.05, 4.69) is 5.32 Å². The van der Waals surface area contributed by atoms with Gasteiger partial charge >= 0.3 is 0 Å². The lowest BCUT2D eigenvalue weighted by Crippen LogP contribution is -2.24. The van der Waals surface area contributed by atoms with Gasteiger partial charge in [0.15, 0.2) is 11.7 Å². The van der Waals surface area contributed by atoms with Gasteiger partial charge in [-0.25, -0.2) is 0 Å². The zero-order valence-corrected chi connectivity index (χ0v) is 17.9. The van der Waals surface area contributed by atoms with E-state index in [1.807, 2.05) is 49.4 Å². The zero-order valence-electron chi connectivity index (χ0n) is 17.9. The summed E-state index contributed by atoms with van der Waals surface area (Å²) in [5, 5.41) is 14.2. The summed E-state index contributed by atoms with van der Waals surface area (Å²) in [5.41, 5.74) is 5.14. The van der Waals surface area contributed by atoms with Crippen LogP contribution in [0.1, 0.15) is 30.8 Å². The molecule has 5 rings (SSSR count). The highest BCUT2D eigenvalue weighted by Gasteiger charge is 2.29. The summed E-state index contributed by atoms with van der Waals surface area (Å²) < 4.78 is 17.9. The molecule has 2 N–H and O–H groups in total. The third kappa shape index (κ3) is 3.56. The van der Waals surface area contributed by atoms with E-state index in [-0.39, 0.29) is 12.0 Å². The Morgan fingerprint density at radius 2 is 1.84 bits per heavy atom. The van der Waals surface area contributed by atoms with Gasteiger partial charge in [-0.15, -0.1) is 0 Å². The van der Waals surface area contributed by atoms with Gasteiger partial charge in [0, 0.05) is 34.8 Å². The minimum absolute atomic E-state index is 0.0952. The molecule has 1 saturated heterocycles. The van der Waals surface area contributed by atoms with Crippen LogP contribution in [0.4, 0.5) is 5.69 Å². The molecule has 3 aliphatic rings. The monoisotopic (exact) mass is 431 g/mol. The predicted octanol–water partition coefficient (Wildman–Crippen LogP) is 4.92. The number of anilines is 1. The molecule has 1 fully saturated rings. The standard InChI is InChI=1S/C26H25NO5/c1-2-27-17-8-9-19-22(14-17)32-25-20(23(19)18-7-4-3-6-16(18)15-28)10-11-21(29)24(25)26-30-12-5-13-31-26/h3-4,6-11,14,26-28H,2,5,12-13,15H2,1H3. The number of ether oxygens (including phenoxy) is 2. The van der Waals surface area contributed by atoms with Crippen molar-refractivity contribution in [2.75, 3.05) is 25.1 Å². The van der Waals surface area contributed by atoms with Crippen LogP contribution >= 0.6 is 0 Å². The van der Waals surface area contributed by atoms with Crippen molar-refractivity contribution in [1.82, 2.24) is 0 Å². The Kier molecular flexibility index (Phi) is 5.66. The van der Waals surface area contributed by atoms with Gasteiger partial charge in [-0.3, -0.25) is 4.79 Å². The van der Waals surface area contributed by atoms with Crippen molar-refractivity contribution >= 4 is 16.7 Å². The van der Waals surface area contributed by atoms with Crippen LogP contribution in [-0.2, 0) is 16.1 Å². The van der Waals surface area contributed by atoms with Crippen LogP contribution < -0.4 is 10.7 Å². The molecule has 0 atom stereocenters.